The van der Waals surface area contributed by atoms with Crippen molar-refractivity contribution in [3.8, 4) is 5.75 Å². The van der Waals surface area contributed by atoms with Crippen LogP contribution >= 0.6 is 11.6 Å². The largest absolute Gasteiger partial charge is 0.487 e. The first-order chi connectivity index (χ1) is 9.84. The van der Waals surface area contributed by atoms with E-state index in [2.05, 4.69) is 13.8 Å². The molecule has 110 valence electrons. The molecule has 2 aromatic rings. The highest BCUT2D eigenvalue weighted by atomic mass is 35.5. The minimum Gasteiger partial charge on any atom is -0.487 e. The molecule has 3 heteroatoms. The minimum atomic E-state index is -0.670. The van der Waals surface area contributed by atoms with Gasteiger partial charge >= 0.3 is 0 Å². The van der Waals surface area contributed by atoms with Crippen molar-refractivity contribution >= 4 is 11.6 Å². The third-order valence-corrected chi connectivity index (χ3v) is 4.00. The summed E-state index contributed by atoms with van der Waals surface area (Å²) < 4.78 is 5.87. The maximum absolute atomic E-state index is 10.6. The summed E-state index contributed by atoms with van der Waals surface area (Å²) in [6, 6.07) is 11.6. The van der Waals surface area contributed by atoms with Gasteiger partial charge in [0.1, 0.15) is 17.5 Å². The standard InChI is InChI=1S/C18H19ClO2/c1-11-6-13(9-15(19)7-11)17(20)12-4-5-16-14(8-12)10-18(2,3)21-16/h4-9,17,20H,10H2,1-3H3. The molecule has 1 atom stereocenters. The fourth-order valence-corrected chi connectivity index (χ4v) is 3.21. The lowest BCUT2D eigenvalue weighted by atomic mass is 9.95. The second-order valence-electron chi connectivity index (χ2n) is 6.37. The molecule has 0 saturated heterocycles. The van der Waals surface area contributed by atoms with Crippen LogP contribution in [0.5, 0.6) is 5.75 Å². The molecular formula is C18H19ClO2. The average Bonchev–Trinajstić information content (AvgIpc) is 2.69. The van der Waals surface area contributed by atoms with Crippen molar-refractivity contribution in [2.45, 2.75) is 38.9 Å². The molecule has 0 spiro atoms. The first kappa shape index (κ1) is 14.4. The van der Waals surface area contributed by atoms with Gasteiger partial charge in [0.25, 0.3) is 0 Å². The summed E-state index contributed by atoms with van der Waals surface area (Å²) >= 11 is 6.08. The molecule has 0 fully saturated rings. The molecule has 0 bridgehead atoms. The van der Waals surface area contributed by atoms with Crippen molar-refractivity contribution < 1.29 is 9.84 Å². The topological polar surface area (TPSA) is 29.5 Å². The van der Waals surface area contributed by atoms with Crippen LogP contribution < -0.4 is 4.74 Å². The lowest BCUT2D eigenvalue weighted by molar-refractivity contribution is 0.138. The van der Waals surface area contributed by atoms with Crippen LogP contribution in [0, 0.1) is 6.92 Å². The first-order valence-corrected chi connectivity index (χ1v) is 7.49. The van der Waals surface area contributed by atoms with Crippen molar-refractivity contribution in [3.63, 3.8) is 0 Å². The highest BCUT2D eigenvalue weighted by molar-refractivity contribution is 6.30. The fourth-order valence-electron chi connectivity index (χ4n) is 2.91. The highest BCUT2D eigenvalue weighted by Gasteiger charge is 2.30. The molecule has 1 N–H and O–H groups in total. The van der Waals surface area contributed by atoms with E-state index in [9.17, 15) is 5.11 Å². The number of hydrogen-bond acceptors (Lipinski definition) is 2. The quantitative estimate of drug-likeness (QED) is 0.888. The lowest BCUT2D eigenvalue weighted by Gasteiger charge is -2.16. The van der Waals surface area contributed by atoms with E-state index in [-0.39, 0.29) is 5.60 Å². The number of ether oxygens (including phenoxy) is 1. The molecule has 2 aromatic carbocycles. The average molecular weight is 303 g/mol. The maximum atomic E-state index is 10.6. The number of fused-ring (bicyclic) bond motifs is 1. The lowest BCUT2D eigenvalue weighted by Crippen LogP contribution is -2.24. The van der Waals surface area contributed by atoms with Crippen LogP contribution in [0.15, 0.2) is 36.4 Å². The van der Waals surface area contributed by atoms with Gasteiger partial charge in [0.2, 0.25) is 0 Å². The van der Waals surface area contributed by atoms with E-state index in [1.165, 1.54) is 0 Å². The Kier molecular flexibility index (Phi) is 3.46. The SMILES string of the molecule is Cc1cc(Cl)cc(C(O)c2ccc3c(c2)CC(C)(C)O3)c1. The third kappa shape index (κ3) is 2.92. The van der Waals surface area contributed by atoms with E-state index >= 15 is 0 Å². The Hall–Kier alpha value is -1.51. The number of benzene rings is 2. The van der Waals surface area contributed by atoms with Gasteiger partial charge in [0, 0.05) is 11.4 Å². The van der Waals surface area contributed by atoms with Crippen LogP contribution in [0.25, 0.3) is 0 Å². The summed E-state index contributed by atoms with van der Waals surface area (Å²) in [7, 11) is 0. The van der Waals surface area contributed by atoms with Crippen LogP contribution in [0.4, 0.5) is 0 Å². The van der Waals surface area contributed by atoms with Crippen LogP contribution in [0.3, 0.4) is 0 Å². The molecule has 21 heavy (non-hydrogen) atoms. The summed E-state index contributed by atoms with van der Waals surface area (Å²) in [5, 5.41) is 11.3. The number of hydrogen-bond donors (Lipinski definition) is 1. The van der Waals surface area contributed by atoms with Gasteiger partial charge in [-0.2, -0.15) is 0 Å². The summed E-state index contributed by atoms with van der Waals surface area (Å²) in [5.74, 6) is 0.915. The molecule has 0 aromatic heterocycles. The van der Waals surface area contributed by atoms with E-state index in [1.807, 2.05) is 43.3 Å². The summed E-state index contributed by atoms with van der Waals surface area (Å²) in [6.07, 6.45) is 0.189. The van der Waals surface area contributed by atoms with Crippen LogP contribution in [0.2, 0.25) is 5.02 Å². The van der Waals surface area contributed by atoms with E-state index in [0.29, 0.717) is 5.02 Å². The van der Waals surface area contributed by atoms with Crippen molar-refractivity contribution in [3.05, 3.63) is 63.7 Å². The second-order valence-corrected chi connectivity index (χ2v) is 6.81. The van der Waals surface area contributed by atoms with Crippen LogP contribution in [0.1, 0.15) is 42.2 Å². The second kappa shape index (κ2) is 5.04. The number of aliphatic hydroxyl groups is 1. The molecule has 0 saturated carbocycles. The van der Waals surface area contributed by atoms with Gasteiger partial charge < -0.3 is 9.84 Å². The third-order valence-electron chi connectivity index (χ3n) is 3.78. The van der Waals surface area contributed by atoms with Gasteiger partial charge in [-0.05, 0) is 67.3 Å². The first-order valence-electron chi connectivity index (χ1n) is 7.11. The molecule has 1 aliphatic rings. The van der Waals surface area contributed by atoms with E-state index in [1.54, 1.807) is 0 Å². The Morgan fingerprint density at radius 1 is 1.14 bits per heavy atom. The van der Waals surface area contributed by atoms with Gasteiger partial charge in [-0.3, -0.25) is 0 Å². The molecule has 3 rings (SSSR count). The molecule has 2 nitrogen and oxygen atoms in total. The molecule has 0 radical (unpaired) electrons. The number of halogens is 1. The van der Waals surface area contributed by atoms with Gasteiger partial charge in [0.15, 0.2) is 0 Å². The van der Waals surface area contributed by atoms with Crippen molar-refractivity contribution in [1.82, 2.24) is 0 Å². The summed E-state index contributed by atoms with van der Waals surface area (Å²) in [5.41, 5.74) is 3.71. The van der Waals surface area contributed by atoms with Crippen LogP contribution in [-0.2, 0) is 6.42 Å². The zero-order valence-electron chi connectivity index (χ0n) is 12.5. The Bertz CT molecular complexity index is 671. The number of aryl methyl sites for hydroxylation is 1. The van der Waals surface area contributed by atoms with E-state index in [4.69, 9.17) is 16.3 Å². The predicted molar refractivity (Wildman–Crippen MR) is 85.1 cm³/mol. The van der Waals surface area contributed by atoms with E-state index in [0.717, 1.165) is 34.4 Å². The minimum absolute atomic E-state index is 0.168. The molecule has 1 aliphatic heterocycles. The Morgan fingerprint density at radius 3 is 2.62 bits per heavy atom. The van der Waals surface area contributed by atoms with Crippen molar-refractivity contribution in [2.24, 2.45) is 0 Å². The Labute approximate surface area is 130 Å². The monoisotopic (exact) mass is 302 g/mol. The fraction of sp³-hybridized carbons (Fsp3) is 0.333. The molecule has 0 amide bonds. The smallest absolute Gasteiger partial charge is 0.123 e. The molecular weight excluding hydrogens is 284 g/mol. The van der Waals surface area contributed by atoms with Crippen molar-refractivity contribution in [1.29, 1.82) is 0 Å². The van der Waals surface area contributed by atoms with Crippen LogP contribution in [-0.4, -0.2) is 10.7 Å². The van der Waals surface area contributed by atoms with Gasteiger partial charge in [0.05, 0.1) is 0 Å². The van der Waals surface area contributed by atoms with Gasteiger partial charge in [-0.25, -0.2) is 0 Å². The normalized spacial score (nSPS) is 17.2. The zero-order chi connectivity index (χ0) is 15.2. The Morgan fingerprint density at radius 2 is 1.90 bits per heavy atom. The Balaban J connectivity index is 1.95. The highest BCUT2D eigenvalue weighted by Crippen LogP contribution is 2.37. The van der Waals surface area contributed by atoms with Crippen molar-refractivity contribution in [2.75, 3.05) is 0 Å². The summed E-state index contributed by atoms with van der Waals surface area (Å²) in [6.45, 7) is 6.12. The number of aliphatic hydroxyl groups excluding tert-OH is 1. The molecule has 1 heterocycles. The maximum Gasteiger partial charge on any atom is 0.123 e. The molecule has 1 unspecified atom stereocenters. The molecule has 0 aliphatic carbocycles. The van der Waals surface area contributed by atoms with Gasteiger partial charge in [-0.15, -0.1) is 0 Å². The van der Waals surface area contributed by atoms with Gasteiger partial charge in [-0.1, -0.05) is 23.7 Å². The number of rotatable bonds is 2. The summed E-state index contributed by atoms with van der Waals surface area (Å²) in [4.78, 5) is 0. The zero-order valence-corrected chi connectivity index (χ0v) is 13.2. The van der Waals surface area contributed by atoms with E-state index < -0.39 is 6.10 Å². The predicted octanol–water partition coefficient (Wildman–Crippen LogP) is 4.44.